The molecule has 2 saturated carbocycles. The smallest absolute Gasteiger partial charge is 0.315 e. The lowest BCUT2D eigenvalue weighted by Crippen LogP contribution is -2.45. The first-order chi connectivity index (χ1) is 63.2. The van der Waals surface area contributed by atoms with Gasteiger partial charge >= 0.3 is 47.8 Å². The molecule has 2 aliphatic carbocycles. The zero-order chi connectivity index (χ0) is 90.6. The SMILES string of the molecule is O=C1CC2(CO1)CC1CC(OCCC[SiH3])C2O1.O=C1CC2(CO1)CC1OC2CC1OCCC[SiH3].O=C1OC2C(OCCC[SiH3])C3CC1C2O3.O=C1OC2C3CC(CC13)C2OCCC[SiH3].O=C1OCC2C3CC(OCCC[SiH3])C(O3)C12.O=C1OCC2C3OC(CC3OCCC[SiH3])C12.O=C1OCCC12CC1CC(OCCC[SiH3])C2O1.O=C1OCCC12CC1OC2CC1OCCC[SiH3]. The largest absolute Gasteiger partial charge is 0.465 e. The van der Waals surface area contributed by atoms with Crippen molar-refractivity contribution in [3.8, 4) is 0 Å². The Bertz CT molecular complexity index is 3810. The minimum absolute atomic E-state index is 0.00145. The zero-order valence-electron chi connectivity index (χ0n) is 78.4. The van der Waals surface area contributed by atoms with Gasteiger partial charge in [0, 0.05) is 215 Å². The average Bonchev–Trinajstić information content (AvgIpc) is 1.57. The summed E-state index contributed by atoms with van der Waals surface area (Å²) in [4.78, 5) is 92.3. The predicted octanol–water partition coefficient (Wildman–Crippen LogP) is -1.44. The highest BCUT2D eigenvalue weighted by atomic mass is 28.2. The van der Waals surface area contributed by atoms with Gasteiger partial charge in [0.2, 0.25) is 0 Å². The summed E-state index contributed by atoms with van der Waals surface area (Å²) in [6, 6.07) is 10.3. The number of hydrogen-bond acceptors (Lipinski definition) is 31. The van der Waals surface area contributed by atoms with Crippen LogP contribution >= 0.6 is 0 Å². The molecular weight excluding hydrogens is 1810 g/mol. The minimum atomic E-state index is -0.367. The molecule has 0 radical (unpaired) electrons. The van der Waals surface area contributed by atoms with Crippen molar-refractivity contribution in [2.45, 2.75) is 355 Å². The maximum Gasteiger partial charge on any atom is 0.315 e. The molecule has 130 heavy (non-hydrogen) atoms. The van der Waals surface area contributed by atoms with E-state index in [1.807, 2.05) is 0 Å². The molecule has 732 valence electrons. The molecule has 0 aromatic rings. The van der Waals surface area contributed by atoms with Crippen LogP contribution in [0.2, 0.25) is 48.4 Å². The Morgan fingerprint density at radius 2 is 0.792 bits per heavy atom. The number of carbonyl (C=O) groups is 8. The highest BCUT2D eigenvalue weighted by Crippen LogP contribution is 2.60. The Morgan fingerprint density at radius 3 is 1.34 bits per heavy atom. The number of esters is 8. The third-order valence-corrected chi connectivity index (χ3v) is 38.7. The molecule has 16 bridgehead atoms. The third kappa shape index (κ3) is 20.4. The maximum absolute atomic E-state index is 11.9. The fourth-order valence-electron chi connectivity index (χ4n) is 26.1. The molecule has 24 fully saturated rings. The van der Waals surface area contributed by atoms with Crippen LogP contribution in [-0.4, -0.2) is 369 Å². The van der Waals surface area contributed by atoms with Gasteiger partial charge in [-0.05, 0) is 102 Å². The normalized spacial score (nSPS) is 44.7. The van der Waals surface area contributed by atoms with E-state index in [4.69, 9.17) is 109 Å². The Balaban J connectivity index is 0.000000104. The van der Waals surface area contributed by atoms with Gasteiger partial charge in [0.05, 0.1) is 184 Å². The highest BCUT2D eigenvalue weighted by Gasteiger charge is 2.70. The second kappa shape index (κ2) is 44.2. The van der Waals surface area contributed by atoms with Crippen molar-refractivity contribution in [3.05, 3.63) is 0 Å². The number of carbonyl (C=O) groups excluding carboxylic acids is 8. The topological polar surface area (TPSA) is 349 Å². The highest BCUT2D eigenvalue weighted by molar-refractivity contribution is 6.10. The van der Waals surface area contributed by atoms with Gasteiger partial charge in [-0.15, -0.1) is 0 Å². The monoisotopic (exact) mass is 1960 g/mol. The second-order valence-corrected chi connectivity index (χ2v) is 49.6. The van der Waals surface area contributed by atoms with Crippen LogP contribution in [0.4, 0.5) is 0 Å². The summed E-state index contributed by atoms with van der Waals surface area (Å²) >= 11 is 0. The molecule has 0 aromatic carbocycles. The van der Waals surface area contributed by atoms with Crippen LogP contribution in [0.1, 0.15) is 161 Å². The van der Waals surface area contributed by atoms with Crippen molar-refractivity contribution in [1.82, 2.24) is 0 Å². The van der Waals surface area contributed by atoms with E-state index >= 15 is 0 Å². The van der Waals surface area contributed by atoms with Gasteiger partial charge in [-0.1, -0.05) is 48.4 Å². The molecule has 24 aliphatic rings. The van der Waals surface area contributed by atoms with Crippen LogP contribution in [-0.2, 0) is 147 Å². The summed E-state index contributed by atoms with van der Waals surface area (Å²) in [5.74, 6) is 1.43. The van der Waals surface area contributed by atoms with Crippen molar-refractivity contribution in [2.75, 3.05) is 92.5 Å². The fourth-order valence-corrected chi connectivity index (χ4v) is 28.4. The Kier molecular flexibility index (Phi) is 33.5. The lowest BCUT2D eigenvalue weighted by atomic mass is 9.72. The minimum Gasteiger partial charge on any atom is -0.465 e. The molecule has 0 amide bonds. The van der Waals surface area contributed by atoms with Gasteiger partial charge in [0.25, 0.3) is 0 Å². The number of hydrogen-bond donors (Lipinski definition) is 0. The van der Waals surface area contributed by atoms with Crippen molar-refractivity contribution in [3.63, 3.8) is 0 Å². The zero-order valence-corrected chi connectivity index (χ0v) is 94.4. The quantitative estimate of drug-likeness (QED) is 0.0322. The first kappa shape index (κ1) is 98.5. The molecule has 0 aromatic heterocycles. The molecule has 0 N–H and O–H groups in total. The van der Waals surface area contributed by atoms with Gasteiger partial charge < -0.3 is 109 Å². The Hall–Kier alpha value is -3.10. The summed E-state index contributed by atoms with van der Waals surface area (Å²) in [6.07, 6.45) is 26.9. The lowest BCUT2D eigenvalue weighted by molar-refractivity contribution is -0.152. The third-order valence-electron chi connectivity index (χ3n) is 33.1. The molecule has 22 heterocycles. The van der Waals surface area contributed by atoms with Crippen molar-refractivity contribution >= 4 is 130 Å². The van der Waals surface area contributed by atoms with E-state index in [-0.39, 0.29) is 245 Å². The molecular formula is C91H150O31Si8. The lowest BCUT2D eigenvalue weighted by Gasteiger charge is -2.33. The van der Waals surface area contributed by atoms with E-state index in [0.29, 0.717) is 70.2 Å². The molecule has 36 atom stereocenters. The summed E-state index contributed by atoms with van der Waals surface area (Å²) in [7, 11) is 9.95. The second-order valence-electron chi connectivity index (χ2n) is 41.6. The first-order valence-electron chi connectivity index (χ1n) is 51.1. The maximum atomic E-state index is 11.9. The summed E-state index contributed by atoms with van der Waals surface area (Å²) in [5.41, 5.74) is -0.762. The number of fused-ring (bicyclic) bond motifs is 24. The van der Waals surface area contributed by atoms with Crippen LogP contribution in [0, 0.1) is 69.0 Å². The van der Waals surface area contributed by atoms with E-state index in [1.165, 1.54) is 143 Å². The summed E-state index contributed by atoms with van der Waals surface area (Å²) in [5, 5.41) is 0. The van der Waals surface area contributed by atoms with E-state index in [1.54, 1.807) is 0 Å². The van der Waals surface area contributed by atoms with E-state index in [9.17, 15) is 38.4 Å². The summed E-state index contributed by atoms with van der Waals surface area (Å²) < 4.78 is 130. The Morgan fingerprint density at radius 1 is 0.315 bits per heavy atom. The molecule has 22 aliphatic heterocycles. The van der Waals surface area contributed by atoms with Crippen LogP contribution < -0.4 is 0 Å². The fraction of sp³-hybridized carbons (Fsp3) is 0.912. The van der Waals surface area contributed by atoms with Crippen molar-refractivity contribution < 1.29 is 147 Å². The van der Waals surface area contributed by atoms with Crippen LogP contribution in [0.15, 0.2) is 0 Å². The molecule has 36 unspecified atom stereocenters. The van der Waals surface area contributed by atoms with E-state index in [2.05, 4.69) is 0 Å². The number of cyclic esters (lactones) is 6. The van der Waals surface area contributed by atoms with Crippen molar-refractivity contribution in [2.24, 2.45) is 69.0 Å². The Labute approximate surface area is 789 Å². The number of ether oxygens (including phenoxy) is 23. The van der Waals surface area contributed by atoms with Gasteiger partial charge in [-0.2, -0.15) is 0 Å². The van der Waals surface area contributed by atoms with Gasteiger partial charge in [0.1, 0.15) is 43.0 Å². The van der Waals surface area contributed by atoms with Crippen LogP contribution in [0.3, 0.4) is 0 Å². The molecule has 22 saturated heterocycles. The predicted molar refractivity (Wildman–Crippen MR) is 495 cm³/mol. The standard InChI is InChI=1S/4C12H20O4Si.2C11H18O4Si.C11H18O3Si.C10H16O4Si/c13-11-12(2-4-15-11)7-9-8(6-10(12)16-9)14-3-1-5-17;13-11-12(2-4-15-11)7-8-6-9(10(12)16-8)14-3-1-5-17;13-11-6-12(7-15-11)5-9-8(4-10(12)16-9)14-2-1-3-17;13-10-6-12(7-15-10)5-8-4-9(11(12)16-8)14-2-1-3-17;12-11-9-6(5-14-11)10-8(4-7(9)15-10)13-2-1-3-16;12-11-9-6(5-14-11)7-4-8(10(9)15-7)13-2-1-3-16;12-11-8-5-6-4-7(8)10(14-11)9(6)13-2-1-3-15;11-10-5-4-6-8(12-2-1-3-15)9(14-10)7(5)13-6/h3*8-10H,1-7H2,17H3;8-9,11H,1-7H2,17H3;2*6-10H,1-5H2,16H3;6-10H,1-5H2,15H3;5-9H,1-4H2,15H3. The van der Waals surface area contributed by atoms with Crippen LogP contribution in [0.5, 0.6) is 0 Å². The molecule has 4 spiro atoms. The van der Waals surface area contributed by atoms with E-state index < -0.39 is 0 Å². The molecule has 24 rings (SSSR count). The molecule has 31 nitrogen and oxygen atoms in total. The van der Waals surface area contributed by atoms with Crippen LogP contribution in [0.25, 0.3) is 0 Å². The average molecular weight is 1960 g/mol. The van der Waals surface area contributed by atoms with Gasteiger partial charge in [-0.25, -0.2) is 0 Å². The van der Waals surface area contributed by atoms with E-state index in [0.717, 1.165) is 188 Å². The molecule has 39 heteroatoms. The van der Waals surface area contributed by atoms with Gasteiger partial charge in [-0.3, -0.25) is 38.4 Å². The van der Waals surface area contributed by atoms with Gasteiger partial charge in [0.15, 0.2) is 6.10 Å². The summed E-state index contributed by atoms with van der Waals surface area (Å²) in [6.45, 7) is 9.95. The first-order valence-corrected chi connectivity index (χ1v) is 62.5. The van der Waals surface area contributed by atoms with Crippen molar-refractivity contribution in [1.29, 1.82) is 0 Å². The number of rotatable bonds is 32.